The van der Waals surface area contributed by atoms with Crippen LogP contribution < -0.4 is 10.6 Å². The second kappa shape index (κ2) is 13.0. The van der Waals surface area contributed by atoms with Gasteiger partial charge >= 0.3 is 0 Å². The van der Waals surface area contributed by atoms with Crippen molar-refractivity contribution in [3.8, 4) is 0 Å². The van der Waals surface area contributed by atoms with Crippen LogP contribution in [0.5, 0.6) is 0 Å². The van der Waals surface area contributed by atoms with E-state index < -0.39 is 0 Å². The maximum atomic E-state index is 5.51. The lowest BCUT2D eigenvalue weighted by Crippen LogP contribution is -2.47. The molecule has 0 aliphatic heterocycles. The molecular formula is C14H32IN3O. The van der Waals surface area contributed by atoms with Crippen LogP contribution >= 0.6 is 24.0 Å². The van der Waals surface area contributed by atoms with Crippen LogP contribution in [0.4, 0.5) is 0 Å². The fourth-order valence-electron chi connectivity index (χ4n) is 1.37. The van der Waals surface area contributed by atoms with E-state index in [2.05, 4.69) is 50.2 Å². The van der Waals surface area contributed by atoms with Crippen LogP contribution in [0.3, 0.4) is 0 Å². The van der Waals surface area contributed by atoms with Crippen molar-refractivity contribution in [2.24, 2.45) is 4.99 Å². The summed E-state index contributed by atoms with van der Waals surface area (Å²) in [6.07, 6.45) is 3.32. The topological polar surface area (TPSA) is 45.6 Å². The normalized spacial score (nSPS) is 11.9. The molecule has 19 heavy (non-hydrogen) atoms. The number of hydrogen-bond acceptors (Lipinski definition) is 2. The highest BCUT2D eigenvalue weighted by Gasteiger charge is 2.11. The van der Waals surface area contributed by atoms with E-state index in [0.29, 0.717) is 0 Å². The van der Waals surface area contributed by atoms with E-state index in [0.717, 1.165) is 45.1 Å². The highest BCUT2D eigenvalue weighted by Crippen LogP contribution is 1.98. The molecule has 0 rings (SSSR count). The first-order valence-corrected chi connectivity index (χ1v) is 7.13. The minimum atomic E-state index is 0. The molecule has 0 aliphatic rings. The Morgan fingerprint density at radius 2 is 1.74 bits per heavy atom. The summed E-state index contributed by atoms with van der Waals surface area (Å²) in [5.41, 5.74) is 0.0403. The molecule has 0 spiro atoms. The van der Waals surface area contributed by atoms with Gasteiger partial charge in [0.15, 0.2) is 5.96 Å². The number of aliphatic imine (C=N–C) groups is 1. The number of ether oxygens (including phenoxy) is 1. The van der Waals surface area contributed by atoms with Gasteiger partial charge in [-0.1, -0.05) is 13.3 Å². The zero-order valence-electron chi connectivity index (χ0n) is 13.2. The summed E-state index contributed by atoms with van der Waals surface area (Å²) in [7, 11) is 0. The molecule has 0 unspecified atom stereocenters. The number of rotatable bonds is 8. The van der Waals surface area contributed by atoms with E-state index in [1.54, 1.807) is 0 Å². The van der Waals surface area contributed by atoms with Gasteiger partial charge in [0.05, 0.1) is 0 Å². The van der Waals surface area contributed by atoms with E-state index >= 15 is 0 Å². The molecule has 0 bridgehead atoms. The SMILES string of the molecule is CCCCOCCCN=C(NCC)NC(C)(C)C.I. The van der Waals surface area contributed by atoms with E-state index in [1.807, 2.05) is 0 Å². The van der Waals surface area contributed by atoms with Gasteiger partial charge in [-0.2, -0.15) is 0 Å². The van der Waals surface area contributed by atoms with Crippen molar-refractivity contribution in [2.75, 3.05) is 26.3 Å². The van der Waals surface area contributed by atoms with Crippen molar-refractivity contribution in [1.82, 2.24) is 10.6 Å². The molecule has 0 amide bonds. The lowest BCUT2D eigenvalue weighted by molar-refractivity contribution is 0.130. The molecule has 0 fully saturated rings. The van der Waals surface area contributed by atoms with Crippen LogP contribution in [-0.4, -0.2) is 37.8 Å². The lowest BCUT2D eigenvalue weighted by atomic mass is 10.1. The van der Waals surface area contributed by atoms with Crippen LogP contribution in [0, 0.1) is 0 Å². The maximum Gasteiger partial charge on any atom is 0.191 e. The van der Waals surface area contributed by atoms with Gasteiger partial charge in [0.2, 0.25) is 0 Å². The minimum Gasteiger partial charge on any atom is -0.381 e. The summed E-state index contributed by atoms with van der Waals surface area (Å²) in [5, 5.41) is 6.61. The van der Waals surface area contributed by atoms with Crippen molar-refractivity contribution in [3.63, 3.8) is 0 Å². The second-order valence-electron chi connectivity index (χ2n) is 5.46. The van der Waals surface area contributed by atoms with Gasteiger partial charge in [-0.3, -0.25) is 4.99 Å². The van der Waals surface area contributed by atoms with Crippen LogP contribution in [0.1, 0.15) is 53.9 Å². The molecule has 0 radical (unpaired) electrons. The molecule has 0 saturated carbocycles. The van der Waals surface area contributed by atoms with Crippen molar-refractivity contribution >= 4 is 29.9 Å². The maximum absolute atomic E-state index is 5.51. The second-order valence-corrected chi connectivity index (χ2v) is 5.46. The molecule has 0 aromatic heterocycles. The van der Waals surface area contributed by atoms with E-state index in [4.69, 9.17) is 4.74 Å². The molecule has 0 heterocycles. The van der Waals surface area contributed by atoms with E-state index in [1.165, 1.54) is 6.42 Å². The van der Waals surface area contributed by atoms with Gasteiger partial charge < -0.3 is 15.4 Å². The number of halogens is 1. The minimum absolute atomic E-state index is 0. The van der Waals surface area contributed by atoms with Crippen LogP contribution in [0.25, 0.3) is 0 Å². The van der Waals surface area contributed by atoms with Crippen LogP contribution in [-0.2, 0) is 4.74 Å². The Morgan fingerprint density at radius 3 is 2.26 bits per heavy atom. The monoisotopic (exact) mass is 385 g/mol. The third-order valence-corrected chi connectivity index (χ3v) is 2.20. The zero-order valence-corrected chi connectivity index (χ0v) is 15.5. The number of guanidine groups is 1. The first-order chi connectivity index (χ1) is 8.49. The Kier molecular flexibility index (Phi) is 14.5. The predicted molar refractivity (Wildman–Crippen MR) is 94.6 cm³/mol. The van der Waals surface area contributed by atoms with Crippen LogP contribution in [0.15, 0.2) is 4.99 Å². The molecule has 0 saturated heterocycles. The third kappa shape index (κ3) is 15.9. The average molecular weight is 385 g/mol. The van der Waals surface area contributed by atoms with Crippen molar-refractivity contribution in [3.05, 3.63) is 0 Å². The molecule has 5 heteroatoms. The molecule has 0 aliphatic carbocycles. The number of nitrogens with zero attached hydrogens (tertiary/aromatic N) is 1. The standard InChI is InChI=1S/C14H31N3O.HI/c1-6-8-11-18-12-9-10-16-13(15-7-2)17-14(3,4)5;/h6-12H2,1-5H3,(H2,15,16,17);1H. The van der Waals surface area contributed by atoms with Crippen LogP contribution in [0.2, 0.25) is 0 Å². The highest BCUT2D eigenvalue weighted by molar-refractivity contribution is 14.0. The first-order valence-electron chi connectivity index (χ1n) is 7.13. The Hall–Kier alpha value is -0.0400. The Balaban J connectivity index is 0. The Morgan fingerprint density at radius 1 is 1.11 bits per heavy atom. The quantitative estimate of drug-likeness (QED) is 0.292. The highest BCUT2D eigenvalue weighted by atomic mass is 127. The Labute approximate surface area is 136 Å². The molecule has 116 valence electrons. The molecular weight excluding hydrogens is 353 g/mol. The summed E-state index contributed by atoms with van der Waals surface area (Å²) in [5.74, 6) is 0.888. The fraction of sp³-hybridized carbons (Fsp3) is 0.929. The molecule has 0 atom stereocenters. The van der Waals surface area contributed by atoms with Crippen molar-refractivity contribution in [2.45, 2.75) is 59.4 Å². The zero-order chi connectivity index (χ0) is 13.9. The number of hydrogen-bond donors (Lipinski definition) is 2. The third-order valence-electron chi connectivity index (χ3n) is 2.20. The Bertz CT molecular complexity index is 227. The fourth-order valence-corrected chi connectivity index (χ4v) is 1.37. The van der Waals surface area contributed by atoms with E-state index in [9.17, 15) is 0 Å². The smallest absolute Gasteiger partial charge is 0.191 e. The number of unbranched alkanes of at least 4 members (excludes halogenated alkanes) is 1. The van der Waals surface area contributed by atoms with Gasteiger partial charge in [-0.15, -0.1) is 24.0 Å². The number of nitrogens with one attached hydrogen (secondary N) is 2. The predicted octanol–water partition coefficient (Wildman–Crippen LogP) is 3.16. The largest absolute Gasteiger partial charge is 0.381 e. The van der Waals surface area contributed by atoms with Crippen molar-refractivity contribution in [1.29, 1.82) is 0 Å². The van der Waals surface area contributed by atoms with Gasteiger partial charge in [0.1, 0.15) is 0 Å². The average Bonchev–Trinajstić information content (AvgIpc) is 2.26. The van der Waals surface area contributed by atoms with Crippen molar-refractivity contribution < 1.29 is 4.74 Å². The molecule has 0 aromatic rings. The summed E-state index contributed by atoms with van der Waals surface area (Å²) >= 11 is 0. The first kappa shape index (κ1) is 21.3. The summed E-state index contributed by atoms with van der Waals surface area (Å²) < 4.78 is 5.51. The van der Waals surface area contributed by atoms with E-state index in [-0.39, 0.29) is 29.5 Å². The van der Waals surface area contributed by atoms with Gasteiger partial charge in [0, 0.05) is 31.8 Å². The summed E-state index contributed by atoms with van der Waals surface area (Å²) in [6.45, 7) is 14.0. The van der Waals surface area contributed by atoms with Gasteiger partial charge in [-0.05, 0) is 40.5 Å². The summed E-state index contributed by atoms with van der Waals surface area (Å²) in [6, 6.07) is 0. The lowest BCUT2D eigenvalue weighted by Gasteiger charge is -2.23. The van der Waals surface area contributed by atoms with Gasteiger partial charge in [-0.25, -0.2) is 0 Å². The molecule has 4 nitrogen and oxygen atoms in total. The summed E-state index contributed by atoms with van der Waals surface area (Å²) in [4.78, 5) is 4.53. The molecule has 2 N–H and O–H groups in total. The molecule has 0 aromatic carbocycles. The van der Waals surface area contributed by atoms with Gasteiger partial charge in [0.25, 0.3) is 0 Å².